The lowest BCUT2D eigenvalue weighted by molar-refractivity contribution is 0.0697. The highest BCUT2D eigenvalue weighted by molar-refractivity contribution is 7.19. The third kappa shape index (κ3) is 2.00. The summed E-state index contributed by atoms with van der Waals surface area (Å²) < 4.78 is 6.12. The molecule has 1 aromatic heterocycles. The van der Waals surface area contributed by atoms with E-state index >= 15 is 0 Å². The van der Waals surface area contributed by atoms with Crippen LogP contribution in [0.1, 0.15) is 15.2 Å². The Morgan fingerprint density at radius 1 is 1.47 bits per heavy atom. The Hall–Kier alpha value is -1.39. The van der Waals surface area contributed by atoms with Crippen LogP contribution >= 0.6 is 11.3 Å². The van der Waals surface area contributed by atoms with Gasteiger partial charge >= 0.3 is 5.97 Å². The van der Waals surface area contributed by atoms with E-state index in [-0.39, 0.29) is 0 Å². The van der Waals surface area contributed by atoms with Crippen LogP contribution in [-0.4, -0.2) is 18.2 Å². The molecule has 0 amide bonds. The van der Waals surface area contributed by atoms with Crippen molar-refractivity contribution in [3.63, 3.8) is 0 Å². The Kier molecular flexibility index (Phi) is 2.70. The van der Waals surface area contributed by atoms with Gasteiger partial charge in [-0.25, -0.2) is 4.79 Å². The summed E-state index contributed by atoms with van der Waals surface area (Å²) in [5.74, 6) is -0.892. The van der Waals surface area contributed by atoms with Crippen molar-refractivity contribution in [2.45, 2.75) is 6.61 Å². The summed E-state index contributed by atoms with van der Waals surface area (Å²) in [5.41, 5.74) is 0.323. The van der Waals surface area contributed by atoms with Gasteiger partial charge in [0, 0.05) is 16.7 Å². The lowest BCUT2D eigenvalue weighted by atomic mass is 10.1. The number of rotatable bonds is 3. The molecule has 2 aromatic rings. The number of carboxylic acid groups (broad SMARTS) is 1. The molecule has 0 fully saturated rings. The van der Waals surface area contributed by atoms with Crippen LogP contribution in [-0.2, 0) is 11.3 Å². The Bertz CT molecular complexity index is 502. The predicted molar refractivity (Wildman–Crippen MR) is 59.5 cm³/mol. The Morgan fingerprint density at radius 2 is 2.27 bits per heavy atom. The van der Waals surface area contributed by atoms with E-state index in [1.54, 1.807) is 30.6 Å². The summed E-state index contributed by atoms with van der Waals surface area (Å²) in [6.45, 7) is 0.571. The first kappa shape index (κ1) is 10.1. The minimum atomic E-state index is -0.892. The number of carboxylic acids is 1. The zero-order valence-corrected chi connectivity index (χ0v) is 9.00. The molecule has 3 nitrogen and oxygen atoms in total. The van der Waals surface area contributed by atoms with E-state index in [2.05, 4.69) is 0 Å². The van der Waals surface area contributed by atoms with Gasteiger partial charge in [0.05, 0.1) is 12.2 Å². The number of hydrogen-bond donors (Lipinski definition) is 1. The van der Waals surface area contributed by atoms with Crippen molar-refractivity contribution in [1.82, 2.24) is 0 Å². The summed E-state index contributed by atoms with van der Waals surface area (Å²) in [7, 11) is 1.65. The van der Waals surface area contributed by atoms with Crippen molar-refractivity contribution in [2.75, 3.05) is 7.11 Å². The molecular weight excluding hydrogens is 212 g/mol. The number of benzene rings is 1. The summed E-state index contributed by atoms with van der Waals surface area (Å²) in [4.78, 5) is 11.9. The van der Waals surface area contributed by atoms with Gasteiger partial charge in [-0.3, -0.25) is 0 Å². The molecule has 0 unspecified atom stereocenters. The molecule has 78 valence electrons. The van der Waals surface area contributed by atoms with Crippen LogP contribution in [0.2, 0.25) is 0 Å². The van der Waals surface area contributed by atoms with E-state index < -0.39 is 5.97 Å². The number of carbonyl (C=O) groups is 1. The number of aromatic carboxylic acids is 1. The van der Waals surface area contributed by atoms with Gasteiger partial charge < -0.3 is 9.84 Å². The average molecular weight is 222 g/mol. The van der Waals surface area contributed by atoms with Crippen molar-refractivity contribution in [2.24, 2.45) is 0 Å². The second-order valence-electron chi connectivity index (χ2n) is 3.20. The summed E-state index contributed by atoms with van der Waals surface area (Å²) >= 11 is 1.62. The van der Waals surface area contributed by atoms with E-state index in [0.717, 1.165) is 15.0 Å². The van der Waals surface area contributed by atoms with Crippen molar-refractivity contribution < 1.29 is 14.6 Å². The highest BCUT2D eigenvalue weighted by Crippen LogP contribution is 2.26. The molecule has 0 saturated heterocycles. The largest absolute Gasteiger partial charge is 0.478 e. The van der Waals surface area contributed by atoms with Crippen molar-refractivity contribution in [1.29, 1.82) is 0 Å². The number of methoxy groups -OCH3 is 1. The smallest absolute Gasteiger partial charge is 0.335 e. The van der Waals surface area contributed by atoms with Crippen LogP contribution in [0.15, 0.2) is 24.3 Å². The summed E-state index contributed by atoms with van der Waals surface area (Å²) in [6, 6.07) is 7.11. The van der Waals surface area contributed by atoms with Crippen LogP contribution in [0, 0.1) is 0 Å². The zero-order chi connectivity index (χ0) is 10.8. The van der Waals surface area contributed by atoms with E-state index in [0.29, 0.717) is 12.2 Å². The van der Waals surface area contributed by atoms with E-state index in [9.17, 15) is 4.79 Å². The van der Waals surface area contributed by atoms with Gasteiger partial charge in [0.25, 0.3) is 0 Å². The van der Waals surface area contributed by atoms with E-state index in [4.69, 9.17) is 9.84 Å². The predicted octanol–water partition coefficient (Wildman–Crippen LogP) is 2.75. The number of hydrogen-bond acceptors (Lipinski definition) is 3. The molecular formula is C11H10O3S. The zero-order valence-electron chi connectivity index (χ0n) is 8.19. The topological polar surface area (TPSA) is 46.5 Å². The van der Waals surface area contributed by atoms with Crippen LogP contribution in [0.3, 0.4) is 0 Å². The maximum absolute atomic E-state index is 10.8. The van der Waals surface area contributed by atoms with Gasteiger partial charge in [0.15, 0.2) is 0 Å². The molecule has 1 heterocycles. The molecule has 0 radical (unpaired) electrons. The fourth-order valence-electron chi connectivity index (χ4n) is 1.44. The first-order valence-electron chi connectivity index (χ1n) is 4.45. The highest BCUT2D eigenvalue weighted by Gasteiger charge is 2.06. The van der Waals surface area contributed by atoms with Gasteiger partial charge in [-0.1, -0.05) is 0 Å². The first-order valence-corrected chi connectivity index (χ1v) is 5.27. The van der Waals surface area contributed by atoms with Gasteiger partial charge in [-0.2, -0.15) is 0 Å². The molecule has 0 aliphatic heterocycles. The normalized spacial score (nSPS) is 10.7. The fraction of sp³-hybridized carbons (Fsp3) is 0.182. The Labute approximate surface area is 90.9 Å². The molecule has 0 saturated carbocycles. The molecule has 15 heavy (non-hydrogen) atoms. The molecule has 1 N–H and O–H groups in total. The maximum atomic E-state index is 10.8. The van der Waals surface area contributed by atoms with Crippen molar-refractivity contribution in [3.8, 4) is 0 Å². The third-order valence-corrected chi connectivity index (χ3v) is 3.19. The molecule has 2 rings (SSSR count). The number of thiophene rings is 1. The second-order valence-corrected chi connectivity index (χ2v) is 4.37. The monoisotopic (exact) mass is 222 g/mol. The quantitative estimate of drug-likeness (QED) is 0.868. The third-order valence-electron chi connectivity index (χ3n) is 2.10. The SMILES string of the molecule is COCc1cc2cc(C(=O)O)ccc2s1. The van der Waals surface area contributed by atoms with Crippen LogP contribution in [0.4, 0.5) is 0 Å². The maximum Gasteiger partial charge on any atom is 0.335 e. The average Bonchev–Trinajstić information content (AvgIpc) is 2.59. The van der Waals surface area contributed by atoms with Gasteiger partial charge in [0.1, 0.15) is 0 Å². The van der Waals surface area contributed by atoms with E-state index in [1.165, 1.54) is 0 Å². The second kappa shape index (κ2) is 4.00. The first-order chi connectivity index (χ1) is 7.20. The molecule has 1 aromatic carbocycles. The summed E-state index contributed by atoms with van der Waals surface area (Å²) in [5, 5.41) is 9.80. The van der Waals surface area contributed by atoms with Crippen molar-refractivity contribution >= 4 is 27.4 Å². The highest BCUT2D eigenvalue weighted by atomic mass is 32.1. The minimum Gasteiger partial charge on any atom is -0.478 e. The van der Waals surface area contributed by atoms with Crippen LogP contribution in [0.25, 0.3) is 10.1 Å². The molecule has 0 atom stereocenters. The Balaban J connectivity index is 2.47. The lowest BCUT2D eigenvalue weighted by Gasteiger charge is -1.92. The van der Waals surface area contributed by atoms with Crippen LogP contribution < -0.4 is 0 Å². The van der Waals surface area contributed by atoms with Gasteiger partial charge in [0.2, 0.25) is 0 Å². The molecule has 0 spiro atoms. The van der Waals surface area contributed by atoms with Gasteiger partial charge in [-0.15, -0.1) is 11.3 Å². The lowest BCUT2D eigenvalue weighted by Crippen LogP contribution is -1.94. The van der Waals surface area contributed by atoms with E-state index in [1.807, 2.05) is 12.1 Å². The van der Waals surface area contributed by atoms with Gasteiger partial charge in [-0.05, 0) is 29.7 Å². The standard InChI is InChI=1S/C11H10O3S/c1-14-6-9-5-8-4-7(11(12)13)2-3-10(8)15-9/h2-5H,6H2,1H3,(H,12,13). The van der Waals surface area contributed by atoms with Crippen LogP contribution in [0.5, 0.6) is 0 Å². The fourth-order valence-corrected chi connectivity index (χ4v) is 2.46. The number of ether oxygens (including phenoxy) is 1. The molecule has 0 aliphatic carbocycles. The molecule has 0 aliphatic rings. The molecule has 4 heteroatoms. The van der Waals surface area contributed by atoms with Crippen molar-refractivity contribution in [3.05, 3.63) is 34.7 Å². The summed E-state index contributed by atoms with van der Waals surface area (Å²) in [6.07, 6.45) is 0. The molecule has 0 bridgehead atoms. The Morgan fingerprint density at radius 3 is 2.93 bits per heavy atom. The minimum absolute atomic E-state index is 0.323. The number of fused-ring (bicyclic) bond motifs is 1.